The average Bonchev–Trinajstić information content (AvgIpc) is 2.25. The maximum Gasteiger partial charge on any atom is 0.412 e. The SMILES string of the molecule is CC(C)(C)OC(=O)Nc1ccc(CCC=O)cc1. The number of aryl methyl sites for hydroxylation is 1. The van der Waals surface area contributed by atoms with E-state index in [0.29, 0.717) is 12.1 Å². The Morgan fingerprint density at radius 2 is 1.89 bits per heavy atom. The molecule has 1 rings (SSSR count). The maximum atomic E-state index is 11.5. The molecule has 0 fully saturated rings. The average molecular weight is 249 g/mol. The number of amides is 1. The summed E-state index contributed by atoms with van der Waals surface area (Å²) in [5.74, 6) is 0. The molecule has 1 amide bonds. The highest BCUT2D eigenvalue weighted by molar-refractivity contribution is 5.84. The van der Waals surface area contributed by atoms with E-state index in [1.807, 2.05) is 32.9 Å². The van der Waals surface area contributed by atoms with E-state index in [1.165, 1.54) is 0 Å². The van der Waals surface area contributed by atoms with Gasteiger partial charge in [-0.3, -0.25) is 5.32 Å². The van der Waals surface area contributed by atoms with E-state index >= 15 is 0 Å². The Morgan fingerprint density at radius 1 is 1.28 bits per heavy atom. The van der Waals surface area contributed by atoms with Crippen LogP contribution in [0, 0.1) is 0 Å². The first-order valence-corrected chi connectivity index (χ1v) is 5.93. The summed E-state index contributed by atoms with van der Waals surface area (Å²) in [7, 11) is 0. The van der Waals surface area contributed by atoms with Crippen molar-refractivity contribution in [2.45, 2.75) is 39.2 Å². The van der Waals surface area contributed by atoms with Crippen molar-refractivity contribution in [3.63, 3.8) is 0 Å². The zero-order chi connectivity index (χ0) is 13.6. The maximum absolute atomic E-state index is 11.5. The van der Waals surface area contributed by atoms with Gasteiger partial charge in [0.1, 0.15) is 11.9 Å². The largest absolute Gasteiger partial charge is 0.444 e. The summed E-state index contributed by atoms with van der Waals surface area (Å²) in [5, 5.41) is 2.65. The molecule has 4 nitrogen and oxygen atoms in total. The van der Waals surface area contributed by atoms with Crippen LogP contribution in [0.1, 0.15) is 32.8 Å². The molecule has 0 heterocycles. The van der Waals surface area contributed by atoms with Crippen molar-refractivity contribution in [3.8, 4) is 0 Å². The van der Waals surface area contributed by atoms with Crippen LogP contribution < -0.4 is 5.32 Å². The normalized spacial score (nSPS) is 10.8. The summed E-state index contributed by atoms with van der Waals surface area (Å²) in [4.78, 5) is 21.8. The standard InChI is InChI=1S/C14H19NO3/c1-14(2,3)18-13(17)15-12-8-6-11(7-9-12)5-4-10-16/h6-10H,4-5H2,1-3H3,(H,15,17). The van der Waals surface area contributed by atoms with Crippen LogP contribution in [0.15, 0.2) is 24.3 Å². The third-order valence-electron chi connectivity index (χ3n) is 2.15. The van der Waals surface area contributed by atoms with E-state index in [1.54, 1.807) is 12.1 Å². The molecule has 0 aliphatic carbocycles. The van der Waals surface area contributed by atoms with Crippen LogP contribution in [0.3, 0.4) is 0 Å². The second kappa shape index (κ2) is 6.19. The molecule has 1 aromatic carbocycles. The number of rotatable bonds is 4. The second-order valence-corrected chi connectivity index (χ2v) is 5.03. The van der Waals surface area contributed by atoms with Crippen LogP contribution >= 0.6 is 0 Å². The van der Waals surface area contributed by atoms with Crippen LogP contribution in [-0.4, -0.2) is 18.0 Å². The van der Waals surface area contributed by atoms with E-state index in [-0.39, 0.29) is 0 Å². The summed E-state index contributed by atoms with van der Waals surface area (Å²) >= 11 is 0. The van der Waals surface area contributed by atoms with Crippen LogP contribution in [0.25, 0.3) is 0 Å². The predicted octanol–water partition coefficient (Wildman–Crippen LogP) is 3.17. The van der Waals surface area contributed by atoms with Crippen LogP contribution in [0.4, 0.5) is 10.5 Å². The number of hydrogen-bond acceptors (Lipinski definition) is 3. The Balaban J connectivity index is 2.53. The van der Waals surface area contributed by atoms with E-state index in [9.17, 15) is 9.59 Å². The molecule has 0 aliphatic heterocycles. The molecule has 1 N–H and O–H groups in total. The summed E-state index contributed by atoms with van der Waals surface area (Å²) in [5.41, 5.74) is 1.24. The number of benzene rings is 1. The summed E-state index contributed by atoms with van der Waals surface area (Å²) in [6.45, 7) is 5.44. The summed E-state index contributed by atoms with van der Waals surface area (Å²) in [6, 6.07) is 7.36. The molecule has 98 valence electrons. The Kier molecular flexibility index (Phi) is 4.89. The predicted molar refractivity (Wildman–Crippen MR) is 70.7 cm³/mol. The van der Waals surface area contributed by atoms with Crippen molar-refractivity contribution >= 4 is 18.1 Å². The molecule has 0 unspecified atom stereocenters. The van der Waals surface area contributed by atoms with Crippen LogP contribution in [0.5, 0.6) is 0 Å². The minimum absolute atomic E-state index is 0.469. The minimum atomic E-state index is -0.506. The molecule has 0 saturated heterocycles. The van der Waals surface area contributed by atoms with Crippen LogP contribution in [-0.2, 0) is 16.0 Å². The fraction of sp³-hybridized carbons (Fsp3) is 0.429. The molecule has 0 saturated carbocycles. The van der Waals surface area contributed by atoms with Crippen molar-refractivity contribution in [2.24, 2.45) is 0 Å². The highest BCUT2D eigenvalue weighted by atomic mass is 16.6. The van der Waals surface area contributed by atoms with Gasteiger partial charge in [-0.1, -0.05) is 12.1 Å². The number of nitrogens with one attached hydrogen (secondary N) is 1. The lowest BCUT2D eigenvalue weighted by atomic mass is 10.1. The molecule has 0 bridgehead atoms. The van der Waals surface area contributed by atoms with Gasteiger partial charge in [0.05, 0.1) is 0 Å². The van der Waals surface area contributed by atoms with Gasteiger partial charge in [0.15, 0.2) is 0 Å². The molecule has 18 heavy (non-hydrogen) atoms. The molecule has 0 aliphatic rings. The van der Waals surface area contributed by atoms with Gasteiger partial charge in [0.2, 0.25) is 0 Å². The van der Waals surface area contributed by atoms with Gasteiger partial charge in [0.25, 0.3) is 0 Å². The number of aldehydes is 1. The van der Waals surface area contributed by atoms with Crippen molar-refractivity contribution < 1.29 is 14.3 Å². The van der Waals surface area contributed by atoms with E-state index in [2.05, 4.69) is 5.32 Å². The van der Waals surface area contributed by atoms with Crippen LogP contribution in [0.2, 0.25) is 0 Å². The van der Waals surface area contributed by atoms with E-state index < -0.39 is 11.7 Å². The molecule has 0 atom stereocenters. The van der Waals surface area contributed by atoms with Gasteiger partial charge in [-0.05, 0) is 44.9 Å². The lowest BCUT2D eigenvalue weighted by Crippen LogP contribution is -2.27. The Hall–Kier alpha value is -1.84. The monoisotopic (exact) mass is 249 g/mol. The first-order chi connectivity index (χ1) is 8.40. The lowest BCUT2D eigenvalue weighted by Gasteiger charge is -2.19. The van der Waals surface area contributed by atoms with Gasteiger partial charge in [-0.15, -0.1) is 0 Å². The summed E-state index contributed by atoms with van der Waals surface area (Å²) in [6.07, 6.45) is 1.66. The molecule has 0 spiro atoms. The molecule has 0 aromatic heterocycles. The Morgan fingerprint density at radius 3 is 2.39 bits per heavy atom. The molecule has 1 aromatic rings. The van der Waals surface area contributed by atoms with E-state index in [4.69, 9.17) is 4.74 Å². The zero-order valence-corrected chi connectivity index (χ0v) is 11.0. The van der Waals surface area contributed by atoms with Gasteiger partial charge < -0.3 is 9.53 Å². The quantitative estimate of drug-likeness (QED) is 0.834. The number of carbonyl (C=O) groups is 2. The second-order valence-electron chi connectivity index (χ2n) is 5.03. The van der Waals surface area contributed by atoms with Crippen molar-refractivity contribution in [1.82, 2.24) is 0 Å². The first-order valence-electron chi connectivity index (χ1n) is 5.93. The molecule has 0 radical (unpaired) electrons. The van der Waals surface area contributed by atoms with Crippen molar-refractivity contribution in [1.29, 1.82) is 0 Å². The number of anilines is 1. The number of hydrogen-bond donors (Lipinski definition) is 1. The smallest absolute Gasteiger partial charge is 0.412 e. The number of carbonyl (C=O) groups excluding carboxylic acids is 2. The van der Waals surface area contributed by atoms with Crippen molar-refractivity contribution in [3.05, 3.63) is 29.8 Å². The van der Waals surface area contributed by atoms with Gasteiger partial charge in [-0.2, -0.15) is 0 Å². The first kappa shape index (κ1) is 14.2. The zero-order valence-electron chi connectivity index (χ0n) is 11.0. The number of ether oxygens (including phenoxy) is 1. The lowest BCUT2D eigenvalue weighted by molar-refractivity contribution is -0.107. The molecular formula is C14H19NO3. The van der Waals surface area contributed by atoms with Gasteiger partial charge in [0, 0.05) is 12.1 Å². The van der Waals surface area contributed by atoms with E-state index in [0.717, 1.165) is 18.3 Å². The minimum Gasteiger partial charge on any atom is -0.444 e. The van der Waals surface area contributed by atoms with Crippen molar-refractivity contribution in [2.75, 3.05) is 5.32 Å². The van der Waals surface area contributed by atoms with Gasteiger partial charge >= 0.3 is 6.09 Å². The third kappa shape index (κ3) is 5.48. The summed E-state index contributed by atoms with van der Waals surface area (Å²) < 4.78 is 5.14. The highest BCUT2D eigenvalue weighted by Crippen LogP contribution is 2.13. The molecule has 4 heteroatoms. The fourth-order valence-corrected chi connectivity index (χ4v) is 1.40. The Labute approximate surface area is 107 Å². The topological polar surface area (TPSA) is 55.4 Å². The highest BCUT2D eigenvalue weighted by Gasteiger charge is 2.15. The fourth-order valence-electron chi connectivity index (χ4n) is 1.40. The third-order valence-corrected chi connectivity index (χ3v) is 2.15. The van der Waals surface area contributed by atoms with Gasteiger partial charge in [-0.25, -0.2) is 4.79 Å². The Bertz CT molecular complexity index is 404. The molecular weight excluding hydrogens is 230 g/mol.